The monoisotopic (exact) mass is 336 g/mol. The molecule has 1 aliphatic heterocycles. The highest BCUT2D eigenvalue weighted by atomic mass is 35.5. The van der Waals surface area contributed by atoms with Crippen LogP contribution in [0.4, 0.5) is 0 Å². The summed E-state index contributed by atoms with van der Waals surface area (Å²) in [6, 6.07) is 4.53. The Kier molecular flexibility index (Phi) is 4.82. The van der Waals surface area contributed by atoms with Crippen LogP contribution in [0.5, 0.6) is 0 Å². The Morgan fingerprint density at radius 1 is 1.39 bits per heavy atom. The summed E-state index contributed by atoms with van der Waals surface area (Å²) < 4.78 is 1.37. The lowest BCUT2D eigenvalue weighted by Crippen LogP contribution is -3.00. The van der Waals surface area contributed by atoms with E-state index < -0.39 is 11.9 Å². The number of carbonyl (C=O) groups is 2. The van der Waals surface area contributed by atoms with Crippen molar-refractivity contribution in [2.45, 2.75) is 32.4 Å². The molecule has 7 nitrogen and oxygen atoms in total. The molecule has 0 saturated carbocycles. The second-order valence-electron chi connectivity index (χ2n) is 5.36. The summed E-state index contributed by atoms with van der Waals surface area (Å²) in [5.41, 5.74) is 6.77. The van der Waals surface area contributed by atoms with E-state index in [4.69, 9.17) is 5.73 Å². The summed E-state index contributed by atoms with van der Waals surface area (Å²) in [5.74, 6) is -0.323. The van der Waals surface area contributed by atoms with Crippen molar-refractivity contribution in [2.75, 3.05) is 0 Å². The Labute approximate surface area is 139 Å². The maximum absolute atomic E-state index is 12.7. The van der Waals surface area contributed by atoms with E-state index >= 15 is 0 Å². The molecule has 0 aliphatic carbocycles. The number of fused-ring (bicyclic) bond motifs is 1. The zero-order valence-electron chi connectivity index (χ0n) is 13.5. The Balaban J connectivity index is 0.00000144. The van der Waals surface area contributed by atoms with E-state index in [1.165, 1.54) is 4.57 Å². The quantitative estimate of drug-likeness (QED) is 0.579. The Morgan fingerprint density at radius 3 is 2.78 bits per heavy atom. The van der Waals surface area contributed by atoms with E-state index in [0.29, 0.717) is 29.7 Å². The van der Waals surface area contributed by atoms with Gasteiger partial charge in [-0.25, -0.2) is 4.98 Å². The lowest BCUT2D eigenvalue weighted by molar-refractivity contribution is -0.135. The molecule has 2 aromatic rings. The average Bonchev–Trinajstić information content (AvgIpc) is 2.48. The summed E-state index contributed by atoms with van der Waals surface area (Å²) in [5, 5.41) is 2.70. The van der Waals surface area contributed by atoms with Gasteiger partial charge in [-0.05, 0) is 31.0 Å². The lowest BCUT2D eigenvalue weighted by atomic mass is 10.1. The van der Waals surface area contributed by atoms with E-state index in [9.17, 15) is 14.4 Å². The van der Waals surface area contributed by atoms with Crippen molar-refractivity contribution < 1.29 is 23.4 Å². The van der Waals surface area contributed by atoms with Gasteiger partial charge in [0.2, 0.25) is 11.8 Å². The third kappa shape index (κ3) is 2.97. The van der Waals surface area contributed by atoms with Gasteiger partial charge in [0.05, 0.1) is 10.9 Å². The Hall–Kier alpha value is -2.25. The highest BCUT2D eigenvalue weighted by molar-refractivity contribution is 5.99. The first kappa shape index (κ1) is 17.1. The molecule has 122 valence electrons. The molecule has 3 N–H and O–H groups in total. The van der Waals surface area contributed by atoms with Gasteiger partial charge in [0.15, 0.2) is 0 Å². The minimum atomic E-state index is -0.698. The van der Waals surface area contributed by atoms with Crippen LogP contribution in [0.1, 0.15) is 31.7 Å². The number of imide groups is 1. The number of hydrogen-bond donors (Lipinski definition) is 2. The first-order valence-corrected chi connectivity index (χ1v) is 7.07. The minimum absolute atomic E-state index is 0. The number of hydrogen-bond acceptors (Lipinski definition) is 5. The molecule has 1 fully saturated rings. The fraction of sp³-hybridized carbons (Fsp3) is 0.333. The van der Waals surface area contributed by atoms with Crippen molar-refractivity contribution in [3.63, 3.8) is 0 Å². The fourth-order valence-corrected chi connectivity index (χ4v) is 2.78. The zero-order valence-corrected chi connectivity index (χ0v) is 13.3. The maximum atomic E-state index is 12.7. The van der Waals surface area contributed by atoms with Crippen molar-refractivity contribution in [3.05, 3.63) is 39.9 Å². The number of nitrogens with one attached hydrogen (secondary N) is 1. The number of nitrogens with zero attached hydrogens (tertiary/aromatic N) is 2. The molecular formula is C15H17ClN4O3. The number of carbonyl (C=O) groups excluding carboxylic acids is 2. The first-order chi connectivity index (χ1) is 10.5. The molecule has 8 heteroatoms. The summed E-state index contributed by atoms with van der Waals surface area (Å²) >= 11 is 0. The van der Waals surface area contributed by atoms with E-state index in [1.807, 2.05) is 0 Å². The molecule has 1 saturated heterocycles. The van der Waals surface area contributed by atoms with Gasteiger partial charge >= 0.3 is 1.43 Å². The molecule has 1 aromatic heterocycles. The number of rotatable bonds is 2. The van der Waals surface area contributed by atoms with Crippen LogP contribution in [0.25, 0.3) is 10.9 Å². The largest absolute Gasteiger partial charge is 1.00 e. The van der Waals surface area contributed by atoms with Crippen LogP contribution < -0.4 is 29.0 Å². The highest BCUT2D eigenvalue weighted by Crippen LogP contribution is 2.20. The fourth-order valence-electron chi connectivity index (χ4n) is 2.78. The summed E-state index contributed by atoms with van der Waals surface area (Å²) in [7, 11) is 0. The minimum Gasteiger partial charge on any atom is -1.00 e. The smallest absolute Gasteiger partial charge is 1.00 e. The van der Waals surface area contributed by atoms with Gasteiger partial charge in [0, 0.05) is 13.0 Å². The lowest BCUT2D eigenvalue weighted by Gasteiger charge is -2.24. The molecule has 1 aromatic carbocycles. The van der Waals surface area contributed by atoms with Crippen molar-refractivity contribution in [1.82, 2.24) is 14.9 Å². The number of halogens is 1. The van der Waals surface area contributed by atoms with Crippen LogP contribution >= 0.6 is 0 Å². The molecule has 0 bridgehead atoms. The van der Waals surface area contributed by atoms with Gasteiger partial charge in [-0.1, -0.05) is 6.07 Å². The molecule has 0 spiro atoms. The van der Waals surface area contributed by atoms with Crippen LogP contribution in [0, 0.1) is 6.92 Å². The number of aryl methyl sites for hydroxylation is 1. The van der Waals surface area contributed by atoms with Crippen molar-refractivity contribution in [1.29, 1.82) is 0 Å². The molecule has 0 radical (unpaired) electrons. The molecule has 1 atom stereocenters. The molecule has 2 heterocycles. The van der Waals surface area contributed by atoms with Crippen LogP contribution in [0.15, 0.2) is 23.0 Å². The topological polar surface area (TPSA) is 107 Å². The number of amides is 2. The number of benzene rings is 1. The van der Waals surface area contributed by atoms with Crippen LogP contribution in [-0.2, 0) is 16.1 Å². The van der Waals surface area contributed by atoms with E-state index in [-0.39, 0.29) is 31.7 Å². The van der Waals surface area contributed by atoms with Crippen LogP contribution in [0.2, 0.25) is 0 Å². The van der Waals surface area contributed by atoms with Crippen molar-refractivity contribution in [3.8, 4) is 0 Å². The number of aromatic nitrogens is 2. The summed E-state index contributed by atoms with van der Waals surface area (Å²) in [6.45, 7) is 2.05. The van der Waals surface area contributed by atoms with E-state index in [0.717, 1.165) is 5.56 Å². The maximum Gasteiger partial charge on any atom is 1.00 e. The molecular weight excluding hydrogens is 320 g/mol. The summed E-state index contributed by atoms with van der Waals surface area (Å²) in [6.07, 6.45) is 0.520. The number of nitrogens with two attached hydrogens (primary N) is 1. The second kappa shape index (κ2) is 6.47. The SMILES string of the molecule is Cc1nc2cc(CN)ccc2c(=O)n1C1CCC(=O)NC1=O.[Cl-].[H+]. The summed E-state index contributed by atoms with van der Waals surface area (Å²) in [4.78, 5) is 40.4. The third-order valence-corrected chi connectivity index (χ3v) is 3.90. The Bertz CT molecular complexity index is 852. The highest BCUT2D eigenvalue weighted by Gasteiger charge is 2.30. The average molecular weight is 337 g/mol. The molecule has 2 amide bonds. The van der Waals surface area contributed by atoms with E-state index in [1.54, 1.807) is 25.1 Å². The zero-order chi connectivity index (χ0) is 15.9. The van der Waals surface area contributed by atoms with Gasteiger partial charge in [-0.15, -0.1) is 0 Å². The standard InChI is InChI=1S/C15H16N4O3.ClH/c1-8-17-11-6-9(7-16)2-3-10(11)15(22)19(8)12-4-5-13(20)18-14(12)21;/h2-3,6,12H,4-5,7,16H2,1H3,(H,18,20,21);1H. The van der Waals surface area contributed by atoms with Gasteiger partial charge in [0.1, 0.15) is 11.9 Å². The van der Waals surface area contributed by atoms with Crippen LogP contribution in [0.3, 0.4) is 0 Å². The van der Waals surface area contributed by atoms with Gasteiger partial charge in [0.25, 0.3) is 5.56 Å². The second-order valence-corrected chi connectivity index (χ2v) is 5.36. The molecule has 3 rings (SSSR count). The van der Waals surface area contributed by atoms with Gasteiger partial charge in [-0.3, -0.25) is 24.3 Å². The molecule has 1 aliphatic rings. The van der Waals surface area contributed by atoms with Gasteiger partial charge in [-0.2, -0.15) is 0 Å². The molecule has 23 heavy (non-hydrogen) atoms. The van der Waals surface area contributed by atoms with Crippen LogP contribution in [-0.4, -0.2) is 21.4 Å². The van der Waals surface area contributed by atoms with E-state index in [2.05, 4.69) is 10.3 Å². The predicted octanol–water partition coefficient (Wildman–Crippen LogP) is -2.74. The molecule has 1 unspecified atom stereocenters. The van der Waals surface area contributed by atoms with Crippen molar-refractivity contribution in [2.24, 2.45) is 5.73 Å². The predicted molar refractivity (Wildman–Crippen MR) is 81.2 cm³/mol. The number of piperidine rings is 1. The third-order valence-electron chi connectivity index (χ3n) is 3.90. The van der Waals surface area contributed by atoms with Crippen molar-refractivity contribution >= 4 is 22.7 Å². The normalized spacial score (nSPS) is 17.7. The van der Waals surface area contributed by atoms with Gasteiger partial charge < -0.3 is 18.1 Å². The first-order valence-electron chi connectivity index (χ1n) is 7.07. The Morgan fingerprint density at radius 2 is 2.13 bits per heavy atom.